The van der Waals surface area contributed by atoms with Crippen molar-refractivity contribution in [3.8, 4) is 0 Å². The van der Waals surface area contributed by atoms with E-state index in [1.54, 1.807) is 41.2 Å². The smallest absolute Gasteiger partial charge is 0.230 e. The summed E-state index contributed by atoms with van der Waals surface area (Å²) in [6, 6.07) is 6.97. The predicted octanol–water partition coefficient (Wildman–Crippen LogP) is 2.71. The molecular formula is C17H19ClN4O2. The molecule has 1 fully saturated rings. The minimum atomic E-state index is -0.467. The van der Waals surface area contributed by atoms with Crippen LogP contribution in [0, 0.1) is 5.92 Å². The number of aryl methyl sites for hydroxylation is 1. The van der Waals surface area contributed by atoms with Crippen molar-refractivity contribution in [1.82, 2.24) is 14.7 Å². The minimum absolute atomic E-state index is 0.0515. The SMILES string of the molecule is CCn1cc(NC(=O)[C@@H]2CC(=O)N(C)[C@H]2c2cccc(Cl)c2)cn1. The van der Waals surface area contributed by atoms with E-state index in [0.717, 1.165) is 12.1 Å². The molecule has 1 aliphatic rings. The number of carbonyl (C=O) groups excluding carboxylic acids is 2. The van der Waals surface area contributed by atoms with Crippen molar-refractivity contribution in [2.75, 3.05) is 12.4 Å². The van der Waals surface area contributed by atoms with Crippen LogP contribution < -0.4 is 5.32 Å². The third kappa shape index (κ3) is 3.14. The average molecular weight is 347 g/mol. The summed E-state index contributed by atoms with van der Waals surface area (Å²) in [5, 5.41) is 7.59. The highest BCUT2D eigenvalue weighted by Crippen LogP contribution is 2.38. The Morgan fingerprint density at radius 1 is 1.46 bits per heavy atom. The molecule has 3 rings (SSSR count). The molecule has 0 radical (unpaired) electrons. The molecule has 1 aromatic heterocycles. The summed E-state index contributed by atoms with van der Waals surface area (Å²) in [5.74, 6) is -0.705. The number of amides is 2. The molecule has 0 spiro atoms. The van der Waals surface area contributed by atoms with Crippen molar-refractivity contribution in [2.24, 2.45) is 5.92 Å². The molecule has 1 aliphatic heterocycles. The molecule has 1 N–H and O–H groups in total. The highest BCUT2D eigenvalue weighted by molar-refractivity contribution is 6.30. The van der Waals surface area contributed by atoms with Crippen molar-refractivity contribution < 1.29 is 9.59 Å². The third-order valence-electron chi connectivity index (χ3n) is 4.34. The summed E-state index contributed by atoms with van der Waals surface area (Å²) < 4.78 is 1.73. The number of rotatable bonds is 4. The van der Waals surface area contributed by atoms with E-state index in [2.05, 4.69) is 10.4 Å². The lowest BCUT2D eigenvalue weighted by Gasteiger charge is -2.25. The number of anilines is 1. The predicted molar refractivity (Wildman–Crippen MR) is 91.6 cm³/mol. The molecule has 2 atom stereocenters. The summed E-state index contributed by atoms with van der Waals surface area (Å²) in [4.78, 5) is 26.5. The van der Waals surface area contributed by atoms with Crippen molar-refractivity contribution in [3.63, 3.8) is 0 Å². The Labute approximate surface area is 145 Å². The number of hydrogen-bond donors (Lipinski definition) is 1. The highest BCUT2D eigenvalue weighted by Gasteiger charge is 2.42. The number of halogens is 1. The Morgan fingerprint density at radius 3 is 2.92 bits per heavy atom. The van der Waals surface area contributed by atoms with E-state index in [1.807, 2.05) is 19.1 Å². The summed E-state index contributed by atoms with van der Waals surface area (Å²) in [5.41, 5.74) is 1.49. The first-order valence-corrected chi connectivity index (χ1v) is 8.22. The Hall–Kier alpha value is -2.34. The van der Waals surface area contributed by atoms with Crippen molar-refractivity contribution in [3.05, 3.63) is 47.2 Å². The first-order valence-electron chi connectivity index (χ1n) is 7.84. The minimum Gasteiger partial charge on any atom is -0.338 e. The quantitative estimate of drug-likeness (QED) is 0.925. The zero-order valence-corrected chi connectivity index (χ0v) is 14.3. The lowest BCUT2D eigenvalue weighted by Crippen LogP contribution is -2.29. The van der Waals surface area contributed by atoms with Crippen LogP contribution in [0.1, 0.15) is 24.9 Å². The molecule has 1 saturated heterocycles. The maximum Gasteiger partial charge on any atom is 0.230 e. The average Bonchev–Trinajstić information content (AvgIpc) is 3.12. The van der Waals surface area contributed by atoms with Gasteiger partial charge in [0.1, 0.15) is 0 Å². The molecule has 126 valence electrons. The van der Waals surface area contributed by atoms with E-state index in [1.165, 1.54) is 0 Å². The van der Waals surface area contributed by atoms with Gasteiger partial charge in [-0.3, -0.25) is 14.3 Å². The summed E-state index contributed by atoms with van der Waals surface area (Å²) in [7, 11) is 1.72. The maximum absolute atomic E-state index is 12.7. The Morgan fingerprint density at radius 2 is 2.25 bits per heavy atom. The molecule has 2 amide bonds. The number of carbonyl (C=O) groups is 2. The molecule has 7 heteroatoms. The van der Waals surface area contributed by atoms with E-state index in [-0.39, 0.29) is 24.3 Å². The molecule has 6 nitrogen and oxygen atoms in total. The molecule has 0 bridgehead atoms. The van der Waals surface area contributed by atoms with E-state index in [4.69, 9.17) is 11.6 Å². The van der Waals surface area contributed by atoms with Gasteiger partial charge in [0.15, 0.2) is 0 Å². The molecule has 2 heterocycles. The van der Waals surface area contributed by atoms with Crippen LogP contribution in [0.5, 0.6) is 0 Å². The molecule has 24 heavy (non-hydrogen) atoms. The number of aromatic nitrogens is 2. The monoisotopic (exact) mass is 346 g/mol. The number of nitrogens with one attached hydrogen (secondary N) is 1. The second-order valence-electron chi connectivity index (χ2n) is 5.89. The normalized spacial score (nSPS) is 20.5. The van der Waals surface area contributed by atoms with Crippen LogP contribution in [0.3, 0.4) is 0 Å². The summed E-state index contributed by atoms with van der Waals surface area (Å²) >= 11 is 6.07. The Bertz CT molecular complexity index is 773. The lowest BCUT2D eigenvalue weighted by atomic mass is 9.93. The van der Waals surface area contributed by atoms with E-state index < -0.39 is 5.92 Å². The second kappa shape index (κ2) is 6.65. The fraction of sp³-hybridized carbons (Fsp3) is 0.353. The van der Waals surface area contributed by atoms with Gasteiger partial charge in [-0.05, 0) is 24.6 Å². The lowest BCUT2D eigenvalue weighted by molar-refractivity contribution is -0.127. The maximum atomic E-state index is 12.7. The van der Waals surface area contributed by atoms with Gasteiger partial charge in [0.05, 0.1) is 23.8 Å². The van der Waals surface area contributed by atoms with E-state index in [0.29, 0.717) is 10.7 Å². The van der Waals surface area contributed by atoms with Gasteiger partial charge in [-0.1, -0.05) is 23.7 Å². The van der Waals surface area contributed by atoms with Gasteiger partial charge >= 0.3 is 0 Å². The molecular weight excluding hydrogens is 328 g/mol. The highest BCUT2D eigenvalue weighted by atomic mass is 35.5. The summed E-state index contributed by atoms with van der Waals surface area (Å²) in [6.45, 7) is 2.70. The van der Waals surface area contributed by atoms with Gasteiger partial charge in [-0.25, -0.2) is 0 Å². The topological polar surface area (TPSA) is 67.2 Å². The van der Waals surface area contributed by atoms with Crippen LogP contribution in [0.15, 0.2) is 36.7 Å². The van der Waals surface area contributed by atoms with Crippen LogP contribution in [0.2, 0.25) is 5.02 Å². The zero-order chi connectivity index (χ0) is 17.3. The molecule has 0 aliphatic carbocycles. The first kappa shape index (κ1) is 16.5. The fourth-order valence-electron chi connectivity index (χ4n) is 3.09. The second-order valence-corrected chi connectivity index (χ2v) is 6.33. The van der Waals surface area contributed by atoms with Crippen LogP contribution >= 0.6 is 11.6 Å². The van der Waals surface area contributed by atoms with Crippen molar-refractivity contribution in [1.29, 1.82) is 0 Å². The fourth-order valence-corrected chi connectivity index (χ4v) is 3.29. The number of hydrogen-bond acceptors (Lipinski definition) is 3. The zero-order valence-electron chi connectivity index (χ0n) is 13.6. The molecule has 0 saturated carbocycles. The van der Waals surface area contributed by atoms with Gasteiger partial charge in [0.2, 0.25) is 11.8 Å². The third-order valence-corrected chi connectivity index (χ3v) is 4.57. The summed E-state index contributed by atoms with van der Waals surface area (Å²) in [6.07, 6.45) is 3.56. The number of likely N-dealkylation sites (tertiary alicyclic amines) is 1. The van der Waals surface area contributed by atoms with Gasteiger partial charge in [-0.2, -0.15) is 5.10 Å². The standard InChI is InChI=1S/C17H19ClN4O2/c1-3-22-10-13(9-19-22)20-17(24)14-8-15(23)21(2)16(14)11-5-4-6-12(18)7-11/h4-7,9-10,14,16H,3,8H2,1-2H3,(H,20,24)/t14-,16+/m1/s1. The number of benzene rings is 1. The van der Waals surface area contributed by atoms with Crippen molar-refractivity contribution >= 4 is 29.1 Å². The van der Waals surface area contributed by atoms with Crippen molar-refractivity contribution in [2.45, 2.75) is 25.9 Å². The van der Waals surface area contributed by atoms with Crippen LogP contribution in [0.25, 0.3) is 0 Å². The number of nitrogens with zero attached hydrogens (tertiary/aromatic N) is 3. The Kier molecular flexibility index (Phi) is 4.57. The molecule has 0 unspecified atom stereocenters. The Balaban J connectivity index is 1.84. The largest absolute Gasteiger partial charge is 0.338 e. The van der Waals surface area contributed by atoms with E-state index in [9.17, 15) is 9.59 Å². The molecule has 2 aromatic rings. The van der Waals surface area contributed by atoms with Gasteiger partial charge in [-0.15, -0.1) is 0 Å². The molecule has 1 aromatic carbocycles. The first-order chi connectivity index (χ1) is 11.5. The van der Waals surface area contributed by atoms with Crippen LogP contribution in [-0.4, -0.2) is 33.5 Å². The van der Waals surface area contributed by atoms with Gasteiger partial charge < -0.3 is 10.2 Å². The van der Waals surface area contributed by atoms with Crippen LogP contribution in [0.4, 0.5) is 5.69 Å². The van der Waals surface area contributed by atoms with Crippen LogP contribution in [-0.2, 0) is 16.1 Å². The van der Waals surface area contributed by atoms with Gasteiger partial charge in [0, 0.05) is 31.2 Å². The van der Waals surface area contributed by atoms with Gasteiger partial charge in [0.25, 0.3) is 0 Å². The van der Waals surface area contributed by atoms with E-state index >= 15 is 0 Å².